The molecule has 1 rings (SSSR count). The van der Waals surface area contributed by atoms with Crippen molar-refractivity contribution in [3.63, 3.8) is 0 Å². The Bertz CT molecular complexity index is 559. The number of carbonyl (C=O) groups excluding carboxylic acids is 1. The molecule has 0 aliphatic carbocycles. The van der Waals surface area contributed by atoms with Crippen molar-refractivity contribution in [3.8, 4) is 5.75 Å². The molecule has 20 heavy (non-hydrogen) atoms. The number of rotatable bonds is 2. The molecule has 5 nitrogen and oxygen atoms in total. The number of ether oxygens (including phenoxy) is 1. The minimum atomic E-state index is -0.742. The molecule has 0 bridgehead atoms. The van der Waals surface area contributed by atoms with Crippen LogP contribution in [-0.4, -0.2) is 28.7 Å². The minimum Gasteiger partial charge on any atom is -0.509 e. The lowest BCUT2D eigenvalue weighted by molar-refractivity contribution is 0.0283. The topological polar surface area (TPSA) is 54.1 Å². The first kappa shape index (κ1) is 15.8. The second kappa shape index (κ2) is 5.78. The van der Waals surface area contributed by atoms with E-state index >= 15 is 0 Å². The third-order valence-corrected chi connectivity index (χ3v) is 2.35. The molecule has 1 N–H and O–H groups in total. The van der Waals surface area contributed by atoms with Crippen LogP contribution in [0.2, 0.25) is 0 Å². The number of phenolic OH excluding ortho intramolecular Hbond substituents is 1. The van der Waals surface area contributed by atoms with Crippen molar-refractivity contribution in [1.82, 2.24) is 4.90 Å². The number of nitrogens with zero attached hydrogens (tertiary/aromatic N) is 2. The molecule has 0 unspecified atom stereocenters. The van der Waals surface area contributed by atoms with Crippen molar-refractivity contribution >= 4 is 11.8 Å². The second-order valence-corrected chi connectivity index (χ2v) is 5.39. The van der Waals surface area contributed by atoms with E-state index in [1.54, 1.807) is 20.8 Å². The smallest absolute Gasteiger partial charge is 0.410 e. The molecule has 0 atom stereocenters. The molecule has 0 aliphatic heterocycles. The molecule has 6 heteroatoms. The number of amides is 1. The SMILES string of the molecule is [C-]#[N+]c1cc(O)cc(CN(C)C(=O)OC(C)(C)C)c1F. The molecular formula is C14H17FN2O3. The van der Waals surface area contributed by atoms with Crippen LogP contribution in [0.1, 0.15) is 26.3 Å². The zero-order valence-corrected chi connectivity index (χ0v) is 11.9. The average molecular weight is 280 g/mol. The predicted octanol–water partition coefficient (Wildman–Crippen LogP) is 3.45. The van der Waals surface area contributed by atoms with Crippen LogP contribution in [0, 0.1) is 12.4 Å². The van der Waals surface area contributed by atoms with Gasteiger partial charge >= 0.3 is 6.09 Å². The van der Waals surface area contributed by atoms with Crippen LogP contribution in [0.15, 0.2) is 12.1 Å². The van der Waals surface area contributed by atoms with Crippen molar-refractivity contribution in [2.45, 2.75) is 32.9 Å². The van der Waals surface area contributed by atoms with Crippen molar-refractivity contribution in [2.24, 2.45) is 0 Å². The van der Waals surface area contributed by atoms with Crippen molar-refractivity contribution < 1.29 is 19.0 Å². The Morgan fingerprint density at radius 3 is 2.60 bits per heavy atom. The van der Waals surface area contributed by atoms with Crippen molar-refractivity contribution in [1.29, 1.82) is 0 Å². The number of benzene rings is 1. The van der Waals surface area contributed by atoms with Gasteiger partial charge in [0, 0.05) is 12.6 Å². The summed E-state index contributed by atoms with van der Waals surface area (Å²) >= 11 is 0. The van der Waals surface area contributed by atoms with Crippen molar-refractivity contribution in [2.75, 3.05) is 7.05 Å². The Hall–Kier alpha value is -2.29. The van der Waals surface area contributed by atoms with Gasteiger partial charge in [0.25, 0.3) is 0 Å². The van der Waals surface area contributed by atoms with E-state index in [0.29, 0.717) is 0 Å². The fraction of sp³-hybridized carbons (Fsp3) is 0.429. The van der Waals surface area contributed by atoms with Crippen LogP contribution in [0.5, 0.6) is 5.75 Å². The third kappa shape index (κ3) is 4.12. The highest BCUT2D eigenvalue weighted by Gasteiger charge is 2.21. The second-order valence-electron chi connectivity index (χ2n) is 5.39. The van der Waals surface area contributed by atoms with Gasteiger partial charge < -0.3 is 14.7 Å². The van der Waals surface area contributed by atoms with E-state index in [1.165, 1.54) is 18.0 Å². The lowest BCUT2D eigenvalue weighted by Crippen LogP contribution is -2.34. The quantitative estimate of drug-likeness (QED) is 0.844. The van der Waals surface area contributed by atoms with Gasteiger partial charge in [-0.2, -0.15) is 0 Å². The Kier molecular flexibility index (Phi) is 4.56. The maximum atomic E-state index is 13.9. The minimum absolute atomic E-state index is 0.0596. The van der Waals surface area contributed by atoms with Crippen LogP contribution in [0.3, 0.4) is 0 Å². The molecule has 1 amide bonds. The van der Waals surface area contributed by atoms with Gasteiger partial charge in [0.15, 0.2) is 0 Å². The van der Waals surface area contributed by atoms with Crippen LogP contribution in [-0.2, 0) is 11.3 Å². The van der Waals surface area contributed by atoms with Gasteiger partial charge in [0.2, 0.25) is 5.69 Å². The van der Waals surface area contributed by atoms with Gasteiger partial charge in [0.05, 0.1) is 13.1 Å². The van der Waals surface area contributed by atoms with E-state index in [9.17, 15) is 14.3 Å². The fourth-order valence-electron chi connectivity index (χ4n) is 1.51. The van der Waals surface area contributed by atoms with E-state index in [4.69, 9.17) is 11.3 Å². The van der Waals surface area contributed by atoms with E-state index in [0.717, 1.165) is 6.07 Å². The summed E-state index contributed by atoms with van der Waals surface area (Å²) < 4.78 is 19.1. The summed E-state index contributed by atoms with van der Waals surface area (Å²) in [4.78, 5) is 15.9. The summed E-state index contributed by atoms with van der Waals surface area (Å²) in [6, 6.07) is 2.23. The number of hydrogen-bond acceptors (Lipinski definition) is 3. The van der Waals surface area contributed by atoms with Gasteiger partial charge in [0.1, 0.15) is 17.2 Å². The van der Waals surface area contributed by atoms with E-state index in [-0.39, 0.29) is 23.5 Å². The summed E-state index contributed by atoms with van der Waals surface area (Å²) in [6.07, 6.45) is -0.607. The number of aromatic hydroxyl groups is 1. The van der Waals surface area contributed by atoms with Crippen LogP contribution in [0.25, 0.3) is 4.85 Å². The molecule has 0 aromatic heterocycles. The number of phenols is 1. The summed E-state index contributed by atoms with van der Waals surface area (Å²) in [5.41, 5.74) is -0.869. The van der Waals surface area contributed by atoms with E-state index in [2.05, 4.69) is 4.85 Å². The molecule has 0 saturated heterocycles. The highest BCUT2D eigenvalue weighted by molar-refractivity contribution is 5.68. The monoisotopic (exact) mass is 280 g/mol. The van der Waals surface area contributed by atoms with E-state index < -0.39 is 17.5 Å². The molecule has 0 fully saturated rings. The number of halogens is 1. The highest BCUT2D eigenvalue weighted by Crippen LogP contribution is 2.28. The Labute approximate surface area is 117 Å². The van der Waals surface area contributed by atoms with Gasteiger partial charge in [-0.15, -0.1) is 0 Å². The van der Waals surface area contributed by atoms with Gasteiger partial charge in [-0.3, -0.25) is 0 Å². The predicted molar refractivity (Wildman–Crippen MR) is 72.0 cm³/mol. The normalized spacial score (nSPS) is 10.8. The van der Waals surface area contributed by atoms with Crippen LogP contribution >= 0.6 is 0 Å². The molecule has 0 aliphatic rings. The van der Waals surface area contributed by atoms with Gasteiger partial charge in [-0.1, -0.05) is 0 Å². The van der Waals surface area contributed by atoms with Gasteiger partial charge in [-0.05, 0) is 32.9 Å². The number of hydrogen-bond donors (Lipinski definition) is 1. The standard InChI is InChI=1S/C14H17FN2O3/c1-14(2,3)20-13(19)17(5)8-9-6-10(18)7-11(16-4)12(9)15/h6-7,18H,8H2,1-3,5H3. The lowest BCUT2D eigenvalue weighted by atomic mass is 10.1. The zero-order valence-electron chi connectivity index (χ0n) is 11.9. The first-order valence-electron chi connectivity index (χ1n) is 5.97. The zero-order chi connectivity index (χ0) is 15.5. The highest BCUT2D eigenvalue weighted by atomic mass is 19.1. The first-order valence-corrected chi connectivity index (χ1v) is 5.97. The Morgan fingerprint density at radius 1 is 1.50 bits per heavy atom. The molecule has 1 aromatic rings. The summed E-state index contributed by atoms with van der Waals surface area (Å²) in [7, 11) is 1.45. The Balaban J connectivity index is 2.92. The lowest BCUT2D eigenvalue weighted by Gasteiger charge is -2.25. The average Bonchev–Trinajstić information content (AvgIpc) is 2.31. The molecule has 0 heterocycles. The first-order chi connectivity index (χ1) is 9.14. The third-order valence-electron chi connectivity index (χ3n) is 2.35. The Morgan fingerprint density at radius 2 is 2.10 bits per heavy atom. The van der Waals surface area contributed by atoms with Crippen molar-refractivity contribution in [3.05, 3.63) is 34.9 Å². The van der Waals surface area contributed by atoms with Crippen LogP contribution in [0.4, 0.5) is 14.9 Å². The molecule has 108 valence electrons. The number of carbonyl (C=O) groups is 1. The van der Waals surface area contributed by atoms with Gasteiger partial charge in [-0.25, -0.2) is 14.0 Å². The molecular weight excluding hydrogens is 263 g/mol. The maximum absolute atomic E-state index is 13.9. The van der Waals surface area contributed by atoms with Crippen LogP contribution < -0.4 is 0 Å². The van der Waals surface area contributed by atoms with E-state index in [1.807, 2.05) is 0 Å². The molecule has 0 saturated carbocycles. The molecule has 0 radical (unpaired) electrons. The molecule has 0 spiro atoms. The summed E-state index contributed by atoms with van der Waals surface area (Å²) in [5, 5.41) is 9.44. The summed E-state index contributed by atoms with van der Waals surface area (Å²) in [6.45, 7) is 11.9. The maximum Gasteiger partial charge on any atom is 0.410 e. The largest absolute Gasteiger partial charge is 0.509 e. The molecule has 1 aromatic carbocycles. The summed E-state index contributed by atoms with van der Waals surface area (Å²) in [5.74, 6) is -0.960. The fourth-order valence-corrected chi connectivity index (χ4v) is 1.51.